The Morgan fingerprint density at radius 2 is 1.95 bits per heavy atom. The van der Waals surface area contributed by atoms with Crippen molar-refractivity contribution in [3.05, 3.63) is 54.1 Å². The van der Waals surface area contributed by atoms with Crippen LogP contribution in [0.3, 0.4) is 0 Å². The molecule has 1 saturated carbocycles. The Morgan fingerprint density at radius 1 is 1.19 bits per heavy atom. The van der Waals surface area contributed by atoms with Crippen molar-refractivity contribution in [2.45, 2.75) is 76.8 Å². The zero-order chi connectivity index (χ0) is 26.3. The predicted molar refractivity (Wildman–Crippen MR) is 140 cm³/mol. The highest BCUT2D eigenvalue weighted by Gasteiger charge is 2.51. The van der Waals surface area contributed by atoms with Crippen molar-refractivity contribution >= 4 is 17.9 Å². The Kier molecular flexibility index (Phi) is 8.84. The molecular formula is C28H39N5O4. The lowest BCUT2D eigenvalue weighted by molar-refractivity contribution is -0.163. The molecule has 3 amide bonds. The second-order valence-electron chi connectivity index (χ2n) is 10.4. The third-order valence-electron chi connectivity index (χ3n) is 8.28. The number of imidazole rings is 1. The summed E-state index contributed by atoms with van der Waals surface area (Å²) in [4.78, 5) is 48.2. The van der Waals surface area contributed by atoms with Crippen molar-refractivity contribution in [1.29, 1.82) is 0 Å². The molecule has 3 unspecified atom stereocenters. The molecule has 1 aliphatic heterocycles. The van der Waals surface area contributed by atoms with E-state index in [1.165, 1.54) is 6.42 Å². The third-order valence-corrected chi connectivity index (χ3v) is 8.28. The number of carboxylic acids is 1. The van der Waals surface area contributed by atoms with Crippen LogP contribution in [0.4, 0.5) is 4.79 Å². The van der Waals surface area contributed by atoms with E-state index in [0.717, 1.165) is 31.4 Å². The van der Waals surface area contributed by atoms with Gasteiger partial charge in [0.05, 0.1) is 17.4 Å². The van der Waals surface area contributed by atoms with Gasteiger partial charge in [-0.2, -0.15) is 0 Å². The number of hydrogen-bond acceptors (Lipinski definition) is 4. The quantitative estimate of drug-likeness (QED) is 0.406. The van der Waals surface area contributed by atoms with E-state index in [1.54, 1.807) is 12.5 Å². The molecule has 9 heteroatoms. The number of aliphatic carboxylic acids is 1. The number of rotatable bonds is 9. The minimum atomic E-state index is -0.854. The number of benzene rings is 1. The second kappa shape index (κ2) is 12.3. The molecule has 4 N–H and O–H groups in total. The first kappa shape index (κ1) is 26.7. The van der Waals surface area contributed by atoms with Gasteiger partial charge in [-0.3, -0.25) is 9.59 Å². The molecule has 1 aromatic carbocycles. The summed E-state index contributed by atoms with van der Waals surface area (Å²) in [7, 11) is 0. The largest absolute Gasteiger partial charge is 0.481 e. The minimum absolute atomic E-state index is 0.161. The maximum atomic E-state index is 13.9. The summed E-state index contributed by atoms with van der Waals surface area (Å²) >= 11 is 0. The molecule has 0 radical (unpaired) electrons. The Bertz CT molecular complexity index is 1040. The smallest absolute Gasteiger partial charge is 0.315 e. The number of carbonyl (C=O) groups excluding carboxylic acids is 2. The lowest BCUT2D eigenvalue weighted by Gasteiger charge is -2.49. The molecular weight excluding hydrogens is 470 g/mol. The number of urea groups is 1. The van der Waals surface area contributed by atoms with Crippen molar-refractivity contribution in [2.24, 2.45) is 11.3 Å². The monoisotopic (exact) mass is 509 g/mol. The van der Waals surface area contributed by atoms with Gasteiger partial charge < -0.3 is 25.6 Å². The standard InChI is InChI=1S/C28H39N5O4/c1-2-23-17-28(26(35)36,21-11-7-4-8-12-21)14-16-33(23)25(34)24(20-9-5-3-6-10-20)32-27(37)30-15-13-22-18-29-19-31-22/h3,5-6,9-10,18-19,21,23-24H,2,4,7-8,11-17H2,1H3,(H,29,31)(H,35,36)(H2,30,32,37). The van der Waals surface area contributed by atoms with Crippen LogP contribution >= 0.6 is 0 Å². The van der Waals surface area contributed by atoms with Gasteiger partial charge in [0.25, 0.3) is 0 Å². The van der Waals surface area contributed by atoms with Crippen molar-refractivity contribution in [3.8, 4) is 0 Å². The molecule has 9 nitrogen and oxygen atoms in total. The Morgan fingerprint density at radius 3 is 2.59 bits per heavy atom. The molecule has 200 valence electrons. The zero-order valence-electron chi connectivity index (χ0n) is 21.6. The number of H-pyrrole nitrogens is 1. The Hall–Kier alpha value is -3.36. The summed E-state index contributed by atoms with van der Waals surface area (Å²) in [6.07, 6.45) is 10.8. The van der Waals surface area contributed by atoms with E-state index in [0.29, 0.717) is 44.3 Å². The number of carboxylic acid groups (broad SMARTS) is 1. The number of aromatic nitrogens is 2. The van der Waals surface area contributed by atoms with E-state index in [1.807, 2.05) is 42.2 Å². The number of likely N-dealkylation sites (tertiary alicyclic amines) is 1. The van der Waals surface area contributed by atoms with Crippen LogP contribution in [-0.4, -0.2) is 57.0 Å². The lowest BCUT2D eigenvalue weighted by atomic mass is 9.62. The first-order valence-corrected chi connectivity index (χ1v) is 13.6. The van der Waals surface area contributed by atoms with Crippen LogP contribution in [-0.2, 0) is 16.0 Å². The molecule has 2 heterocycles. The van der Waals surface area contributed by atoms with E-state index in [2.05, 4.69) is 20.6 Å². The third kappa shape index (κ3) is 6.14. The maximum Gasteiger partial charge on any atom is 0.315 e. The van der Waals surface area contributed by atoms with Crippen LogP contribution in [0.2, 0.25) is 0 Å². The summed E-state index contributed by atoms with van der Waals surface area (Å²) in [5.74, 6) is -0.754. The van der Waals surface area contributed by atoms with Crippen LogP contribution < -0.4 is 10.6 Å². The van der Waals surface area contributed by atoms with Crippen LogP contribution in [0, 0.1) is 11.3 Å². The molecule has 0 spiro atoms. The average molecular weight is 510 g/mol. The van der Waals surface area contributed by atoms with Gasteiger partial charge >= 0.3 is 12.0 Å². The normalized spacial score (nSPS) is 23.3. The fourth-order valence-corrected chi connectivity index (χ4v) is 6.20. The topological polar surface area (TPSA) is 127 Å². The average Bonchev–Trinajstić information content (AvgIpc) is 3.45. The first-order valence-electron chi connectivity index (χ1n) is 13.6. The van der Waals surface area contributed by atoms with Crippen molar-refractivity contribution in [2.75, 3.05) is 13.1 Å². The van der Waals surface area contributed by atoms with E-state index in [-0.39, 0.29) is 17.9 Å². The summed E-state index contributed by atoms with van der Waals surface area (Å²) in [6.45, 7) is 2.78. The molecule has 1 aromatic heterocycles. The highest BCUT2D eigenvalue weighted by Crippen LogP contribution is 2.48. The van der Waals surface area contributed by atoms with Gasteiger partial charge in [0, 0.05) is 31.7 Å². The molecule has 1 saturated heterocycles. The minimum Gasteiger partial charge on any atom is -0.481 e. The van der Waals surface area contributed by atoms with E-state index >= 15 is 0 Å². The predicted octanol–water partition coefficient (Wildman–Crippen LogP) is 4.05. The molecule has 2 fully saturated rings. The lowest BCUT2D eigenvalue weighted by Crippen LogP contribution is -2.57. The maximum absolute atomic E-state index is 13.9. The molecule has 0 bridgehead atoms. The number of aromatic amines is 1. The van der Waals surface area contributed by atoms with Gasteiger partial charge in [0.15, 0.2) is 0 Å². The number of piperidine rings is 1. The molecule has 4 rings (SSSR count). The molecule has 2 aliphatic rings. The van der Waals surface area contributed by atoms with Crippen molar-refractivity contribution in [1.82, 2.24) is 25.5 Å². The van der Waals surface area contributed by atoms with Crippen LogP contribution in [0.5, 0.6) is 0 Å². The number of nitrogens with one attached hydrogen (secondary N) is 3. The van der Waals surface area contributed by atoms with E-state index < -0.39 is 23.5 Å². The number of nitrogens with zero attached hydrogens (tertiary/aromatic N) is 2. The van der Waals surface area contributed by atoms with E-state index in [4.69, 9.17) is 0 Å². The van der Waals surface area contributed by atoms with Gasteiger partial charge in [0.1, 0.15) is 6.04 Å². The van der Waals surface area contributed by atoms with Gasteiger partial charge in [-0.1, -0.05) is 56.5 Å². The summed E-state index contributed by atoms with van der Waals surface area (Å²) < 4.78 is 0. The Balaban J connectivity index is 1.48. The van der Waals surface area contributed by atoms with Gasteiger partial charge in [-0.25, -0.2) is 9.78 Å². The van der Waals surface area contributed by atoms with Gasteiger partial charge in [-0.05, 0) is 43.6 Å². The number of carbonyl (C=O) groups is 3. The molecule has 3 atom stereocenters. The number of amides is 3. The number of hydrogen-bond donors (Lipinski definition) is 4. The SMILES string of the molecule is CCC1CC(C(=O)O)(C2CCCCC2)CCN1C(=O)C(NC(=O)NCCc1c[nH]cn1)c1ccccc1. The highest BCUT2D eigenvalue weighted by atomic mass is 16.4. The van der Waals surface area contributed by atoms with E-state index in [9.17, 15) is 19.5 Å². The fraction of sp³-hybridized carbons (Fsp3) is 0.571. The summed E-state index contributed by atoms with van der Waals surface area (Å²) in [6, 6.07) is 7.77. The van der Waals surface area contributed by atoms with Gasteiger partial charge in [0.2, 0.25) is 5.91 Å². The molecule has 37 heavy (non-hydrogen) atoms. The Labute approximate surface area is 218 Å². The zero-order valence-corrected chi connectivity index (χ0v) is 21.6. The highest BCUT2D eigenvalue weighted by molar-refractivity contribution is 5.88. The van der Waals surface area contributed by atoms with Crippen LogP contribution in [0.15, 0.2) is 42.9 Å². The van der Waals surface area contributed by atoms with Crippen LogP contribution in [0.25, 0.3) is 0 Å². The first-order chi connectivity index (χ1) is 17.9. The summed E-state index contributed by atoms with van der Waals surface area (Å²) in [5.41, 5.74) is 0.763. The van der Waals surface area contributed by atoms with Crippen molar-refractivity contribution < 1.29 is 19.5 Å². The molecule has 2 aromatic rings. The fourth-order valence-electron chi connectivity index (χ4n) is 6.20. The van der Waals surface area contributed by atoms with Crippen molar-refractivity contribution in [3.63, 3.8) is 0 Å². The molecule has 1 aliphatic carbocycles. The summed E-state index contributed by atoms with van der Waals surface area (Å²) in [5, 5.41) is 16.1. The van der Waals surface area contributed by atoms with Gasteiger partial charge in [-0.15, -0.1) is 0 Å². The second-order valence-corrected chi connectivity index (χ2v) is 10.4. The van der Waals surface area contributed by atoms with Crippen LogP contribution in [0.1, 0.15) is 75.6 Å².